The van der Waals surface area contributed by atoms with Crippen molar-refractivity contribution in [3.05, 3.63) is 64.2 Å². The van der Waals surface area contributed by atoms with Crippen LogP contribution < -0.4 is 4.74 Å². The Balaban J connectivity index is 2.07. The number of rotatable bonds is 3. The topological polar surface area (TPSA) is 29.5 Å². The highest BCUT2D eigenvalue weighted by atomic mass is 35.5. The number of carbonyl (C=O) groups is 1. The summed E-state index contributed by atoms with van der Waals surface area (Å²) in [5, 5.41) is 0.506. The predicted molar refractivity (Wildman–Crippen MR) is 96.9 cm³/mol. The second-order valence-electron chi connectivity index (χ2n) is 6.28. The van der Waals surface area contributed by atoms with Gasteiger partial charge in [-0.2, -0.15) is 0 Å². The zero-order valence-corrected chi connectivity index (χ0v) is 14.8. The Morgan fingerprint density at radius 2 is 2.04 bits per heavy atom. The maximum absolute atomic E-state index is 11.7. The molecule has 126 valence electrons. The Labute approximate surface area is 148 Å². The van der Waals surface area contributed by atoms with Gasteiger partial charge in [0.05, 0.1) is 5.02 Å². The van der Waals surface area contributed by atoms with Crippen LogP contribution in [0.1, 0.15) is 36.0 Å². The molecule has 2 aromatic rings. The molecule has 0 saturated carbocycles. The summed E-state index contributed by atoms with van der Waals surface area (Å²) < 4.78 is 5.43. The highest BCUT2D eigenvalue weighted by Crippen LogP contribution is 2.37. The van der Waals surface area contributed by atoms with Crippen LogP contribution in [0, 0.1) is 0 Å². The van der Waals surface area contributed by atoms with Gasteiger partial charge in [0, 0.05) is 25.4 Å². The van der Waals surface area contributed by atoms with Crippen molar-refractivity contribution in [1.82, 2.24) is 4.90 Å². The van der Waals surface area contributed by atoms with E-state index >= 15 is 0 Å². The fourth-order valence-corrected chi connectivity index (χ4v) is 3.43. The van der Waals surface area contributed by atoms with Gasteiger partial charge in [-0.25, -0.2) is 0 Å². The van der Waals surface area contributed by atoms with Gasteiger partial charge in [0.2, 0.25) is 0 Å². The lowest BCUT2D eigenvalue weighted by Crippen LogP contribution is -2.24. The molecular weight excluding hydrogens is 322 g/mol. The van der Waals surface area contributed by atoms with Crippen LogP contribution in [0.3, 0.4) is 0 Å². The minimum atomic E-state index is -0.265. The minimum Gasteiger partial charge on any atom is -0.425 e. The van der Waals surface area contributed by atoms with E-state index < -0.39 is 0 Å². The van der Waals surface area contributed by atoms with E-state index in [2.05, 4.69) is 36.2 Å². The van der Waals surface area contributed by atoms with Crippen LogP contribution in [0.25, 0.3) is 0 Å². The number of nitrogens with zero attached hydrogens (tertiary/aromatic N) is 1. The fraction of sp³-hybridized carbons (Fsp3) is 0.350. The zero-order valence-electron chi connectivity index (χ0n) is 14.1. The van der Waals surface area contributed by atoms with Gasteiger partial charge in [-0.15, -0.1) is 0 Å². The number of halogens is 1. The molecular formula is C20H22ClNO2. The fourth-order valence-electron chi connectivity index (χ4n) is 3.21. The average Bonchev–Trinajstić information content (AvgIpc) is 2.75. The normalized spacial score (nSPS) is 17.9. The Hall–Kier alpha value is -1.84. The molecule has 1 atom stereocenters. The van der Waals surface area contributed by atoms with Crippen molar-refractivity contribution in [2.45, 2.75) is 25.7 Å². The van der Waals surface area contributed by atoms with E-state index in [1.54, 1.807) is 6.92 Å². The molecule has 0 aromatic heterocycles. The van der Waals surface area contributed by atoms with E-state index in [4.69, 9.17) is 16.3 Å². The molecule has 3 rings (SSSR count). The predicted octanol–water partition coefficient (Wildman–Crippen LogP) is 4.28. The highest BCUT2D eigenvalue weighted by molar-refractivity contribution is 6.32. The molecule has 2 aromatic carbocycles. The molecule has 1 aliphatic rings. The van der Waals surface area contributed by atoms with E-state index in [0.29, 0.717) is 17.2 Å². The third-order valence-electron chi connectivity index (χ3n) is 4.54. The van der Waals surface area contributed by atoms with E-state index in [9.17, 15) is 4.79 Å². The number of hydrogen-bond acceptors (Lipinski definition) is 3. The van der Waals surface area contributed by atoms with Gasteiger partial charge >= 0.3 is 5.97 Å². The summed E-state index contributed by atoms with van der Waals surface area (Å²) >= 11 is 6.35. The first kappa shape index (κ1) is 17.0. The second-order valence-corrected chi connectivity index (χ2v) is 6.69. The molecule has 0 radical (unpaired) electrons. The lowest BCUT2D eigenvalue weighted by molar-refractivity contribution is -0.134. The summed E-state index contributed by atoms with van der Waals surface area (Å²) in [4.78, 5) is 14.0. The van der Waals surface area contributed by atoms with Crippen molar-refractivity contribution in [2.75, 3.05) is 20.1 Å². The number of carbonyl (C=O) groups excluding carboxylic acids is 1. The van der Waals surface area contributed by atoms with Crippen LogP contribution in [0.4, 0.5) is 0 Å². The van der Waals surface area contributed by atoms with Gasteiger partial charge in [-0.3, -0.25) is 4.79 Å². The molecule has 0 bridgehead atoms. The largest absolute Gasteiger partial charge is 0.425 e. The van der Waals surface area contributed by atoms with Crippen molar-refractivity contribution < 1.29 is 9.53 Å². The second kappa shape index (κ2) is 7.37. The van der Waals surface area contributed by atoms with Gasteiger partial charge in [0.1, 0.15) is 5.75 Å². The molecule has 0 aliphatic carbocycles. The molecule has 1 heterocycles. The summed E-state index contributed by atoms with van der Waals surface area (Å²) in [7, 11) is 2.14. The van der Waals surface area contributed by atoms with Gasteiger partial charge in [-0.05, 0) is 42.3 Å². The van der Waals surface area contributed by atoms with E-state index in [0.717, 1.165) is 19.5 Å². The smallest absolute Gasteiger partial charge is 0.310 e. The lowest BCUT2D eigenvalue weighted by atomic mass is 9.88. The third-order valence-corrected chi connectivity index (χ3v) is 4.84. The lowest BCUT2D eigenvalue weighted by Gasteiger charge is -2.22. The summed E-state index contributed by atoms with van der Waals surface area (Å²) in [6, 6.07) is 14.4. The van der Waals surface area contributed by atoms with E-state index in [1.807, 2.05) is 18.2 Å². The molecule has 0 unspecified atom stereocenters. The number of fused-ring (bicyclic) bond motifs is 1. The van der Waals surface area contributed by atoms with Crippen LogP contribution in [-0.4, -0.2) is 31.0 Å². The molecule has 0 fully saturated rings. The van der Waals surface area contributed by atoms with Crippen molar-refractivity contribution in [3.63, 3.8) is 0 Å². The summed E-state index contributed by atoms with van der Waals surface area (Å²) in [6.07, 6.45) is 1.27. The summed E-state index contributed by atoms with van der Waals surface area (Å²) in [6.45, 7) is 3.70. The van der Waals surface area contributed by atoms with Crippen LogP contribution in [0.15, 0.2) is 42.5 Å². The molecule has 0 spiro atoms. The Bertz CT molecular complexity index is 730. The monoisotopic (exact) mass is 343 g/mol. The molecule has 0 saturated heterocycles. The van der Waals surface area contributed by atoms with Crippen molar-refractivity contribution in [1.29, 1.82) is 0 Å². The standard InChI is InChI=1S/C20H22ClNO2/c1-3-20(23)24-19-12-16-15(11-18(19)21)9-10-22(2)13-17(16)14-7-5-4-6-8-14/h4-8,11-12,17H,3,9-10,13H2,1-2H3/t17-/m0/s1. The third kappa shape index (κ3) is 3.63. The number of hydrogen-bond donors (Lipinski definition) is 0. The Morgan fingerprint density at radius 3 is 2.75 bits per heavy atom. The summed E-state index contributed by atoms with van der Waals surface area (Å²) in [5.41, 5.74) is 3.70. The molecule has 0 N–H and O–H groups in total. The zero-order chi connectivity index (χ0) is 17.1. The van der Waals surface area contributed by atoms with Gasteiger partial charge < -0.3 is 9.64 Å². The van der Waals surface area contributed by atoms with Crippen molar-refractivity contribution in [2.24, 2.45) is 0 Å². The van der Waals surface area contributed by atoms with Crippen molar-refractivity contribution >= 4 is 17.6 Å². The van der Waals surface area contributed by atoms with Gasteiger partial charge in [0.25, 0.3) is 0 Å². The van der Waals surface area contributed by atoms with E-state index in [1.165, 1.54) is 16.7 Å². The first-order valence-corrected chi connectivity index (χ1v) is 8.72. The van der Waals surface area contributed by atoms with Gasteiger partial charge in [0.15, 0.2) is 0 Å². The molecule has 4 heteroatoms. The molecule has 1 aliphatic heterocycles. The van der Waals surface area contributed by atoms with Crippen molar-refractivity contribution in [3.8, 4) is 5.75 Å². The highest BCUT2D eigenvalue weighted by Gasteiger charge is 2.25. The van der Waals surface area contributed by atoms with Crippen LogP contribution in [0.5, 0.6) is 5.75 Å². The van der Waals surface area contributed by atoms with Crippen LogP contribution >= 0.6 is 11.6 Å². The molecule has 0 amide bonds. The molecule has 24 heavy (non-hydrogen) atoms. The van der Waals surface area contributed by atoms with E-state index in [-0.39, 0.29) is 11.9 Å². The van der Waals surface area contributed by atoms with Crippen LogP contribution in [0.2, 0.25) is 5.02 Å². The Morgan fingerprint density at radius 1 is 1.29 bits per heavy atom. The number of esters is 1. The first-order valence-electron chi connectivity index (χ1n) is 8.35. The summed E-state index contributed by atoms with van der Waals surface area (Å²) in [5.74, 6) is 0.441. The number of ether oxygens (including phenoxy) is 1. The SMILES string of the molecule is CCC(=O)Oc1cc2c(cc1Cl)CCN(C)C[C@H]2c1ccccc1. The average molecular weight is 344 g/mol. The molecule has 3 nitrogen and oxygen atoms in total. The Kier molecular flexibility index (Phi) is 5.22. The maximum Gasteiger partial charge on any atom is 0.310 e. The first-order chi connectivity index (χ1) is 11.6. The number of benzene rings is 2. The quantitative estimate of drug-likeness (QED) is 0.615. The van der Waals surface area contributed by atoms with Gasteiger partial charge in [-0.1, -0.05) is 48.9 Å². The minimum absolute atomic E-state index is 0.241. The maximum atomic E-state index is 11.7. The van der Waals surface area contributed by atoms with Crippen LogP contribution in [-0.2, 0) is 11.2 Å². The number of likely N-dealkylation sites (N-methyl/N-ethyl adjacent to an activating group) is 1.